The van der Waals surface area contributed by atoms with Crippen LogP contribution in [0.5, 0.6) is 5.75 Å². The molecule has 0 unspecified atom stereocenters. The number of nitrogens with zero attached hydrogens (tertiary/aromatic N) is 1. The molecule has 0 aliphatic heterocycles. The minimum atomic E-state index is 0.181. The van der Waals surface area contributed by atoms with E-state index < -0.39 is 0 Å². The highest BCUT2D eigenvalue weighted by atomic mass is 79.9. The second-order valence-electron chi connectivity index (χ2n) is 3.85. The molecule has 0 aliphatic rings. The van der Waals surface area contributed by atoms with E-state index in [1.54, 1.807) is 12.0 Å². The molecule has 94 valence electrons. The first-order valence-corrected chi connectivity index (χ1v) is 6.72. The Morgan fingerprint density at radius 1 is 1.35 bits per heavy atom. The Bertz CT molecular complexity index is 351. The maximum Gasteiger partial charge on any atom is 0.222 e. The molecule has 1 aromatic rings. The molecule has 0 spiro atoms. The second kappa shape index (κ2) is 7.33. The monoisotopic (exact) mass is 299 g/mol. The van der Waals surface area contributed by atoms with Crippen molar-refractivity contribution in [2.24, 2.45) is 0 Å². The molecule has 3 nitrogen and oxygen atoms in total. The van der Waals surface area contributed by atoms with Gasteiger partial charge in [0.15, 0.2) is 0 Å². The third-order valence-electron chi connectivity index (χ3n) is 2.63. The van der Waals surface area contributed by atoms with Gasteiger partial charge in [0.2, 0.25) is 5.91 Å². The van der Waals surface area contributed by atoms with E-state index in [0.717, 1.165) is 29.6 Å². The van der Waals surface area contributed by atoms with Gasteiger partial charge in [-0.1, -0.05) is 28.1 Å². The lowest BCUT2D eigenvalue weighted by atomic mass is 10.1. The van der Waals surface area contributed by atoms with E-state index >= 15 is 0 Å². The molecule has 4 heteroatoms. The van der Waals surface area contributed by atoms with Crippen molar-refractivity contribution >= 4 is 21.8 Å². The maximum absolute atomic E-state index is 11.7. The molecule has 0 N–H and O–H groups in total. The van der Waals surface area contributed by atoms with Crippen LogP contribution in [0.25, 0.3) is 0 Å². The molecular weight excluding hydrogens is 282 g/mol. The van der Waals surface area contributed by atoms with Crippen molar-refractivity contribution in [3.8, 4) is 5.75 Å². The molecule has 0 aliphatic carbocycles. The molecule has 1 amide bonds. The number of benzene rings is 1. The number of carbonyl (C=O) groups is 1. The SMILES string of the molecule is COc1ccc(CCC(=O)N(C)CCBr)cc1. The minimum absolute atomic E-state index is 0.181. The lowest BCUT2D eigenvalue weighted by Crippen LogP contribution is -2.28. The Kier molecular flexibility index (Phi) is 6.05. The number of carbonyl (C=O) groups excluding carboxylic acids is 1. The quantitative estimate of drug-likeness (QED) is 0.755. The smallest absolute Gasteiger partial charge is 0.222 e. The van der Waals surface area contributed by atoms with Gasteiger partial charge >= 0.3 is 0 Å². The van der Waals surface area contributed by atoms with E-state index in [1.807, 2.05) is 31.3 Å². The Labute approximate surface area is 111 Å². The van der Waals surface area contributed by atoms with Crippen LogP contribution in [-0.4, -0.2) is 36.8 Å². The molecule has 0 heterocycles. The van der Waals surface area contributed by atoms with Gasteiger partial charge in [-0.2, -0.15) is 0 Å². The Balaban J connectivity index is 2.41. The first-order chi connectivity index (χ1) is 8.17. The third kappa shape index (κ3) is 4.77. The molecule has 0 saturated heterocycles. The van der Waals surface area contributed by atoms with Crippen LogP contribution in [0.15, 0.2) is 24.3 Å². The molecule has 0 aromatic heterocycles. The van der Waals surface area contributed by atoms with E-state index in [2.05, 4.69) is 15.9 Å². The van der Waals surface area contributed by atoms with Crippen LogP contribution in [0, 0.1) is 0 Å². The minimum Gasteiger partial charge on any atom is -0.497 e. The molecule has 0 atom stereocenters. The van der Waals surface area contributed by atoms with Gasteiger partial charge < -0.3 is 9.64 Å². The number of aryl methyl sites for hydroxylation is 1. The first-order valence-electron chi connectivity index (χ1n) is 5.60. The maximum atomic E-state index is 11.7. The van der Waals surface area contributed by atoms with Crippen molar-refractivity contribution < 1.29 is 9.53 Å². The molecular formula is C13H18BrNO2. The van der Waals surface area contributed by atoms with Gasteiger partial charge in [-0.3, -0.25) is 4.79 Å². The summed E-state index contributed by atoms with van der Waals surface area (Å²) in [5.74, 6) is 1.02. The summed E-state index contributed by atoms with van der Waals surface area (Å²) in [7, 11) is 3.48. The Hall–Kier alpha value is -1.03. The Morgan fingerprint density at radius 3 is 2.53 bits per heavy atom. The van der Waals surface area contributed by atoms with Gasteiger partial charge in [0.05, 0.1) is 7.11 Å². The highest BCUT2D eigenvalue weighted by Gasteiger charge is 2.07. The van der Waals surface area contributed by atoms with Gasteiger partial charge in [-0.25, -0.2) is 0 Å². The first kappa shape index (κ1) is 14.0. The predicted octanol–water partition coefficient (Wildman–Crippen LogP) is 2.48. The zero-order valence-corrected chi connectivity index (χ0v) is 11.9. The van der Waals surface area contributed by atoms with Crippen LogP contribution in [0.3, 0.4) is 0 Å². The van der Waals surface area contributed by atoms with Crippen molar-refractivity contribution in [1.29, 1.82) is 0 Å². The van der Waals surface area contributed by atoms with Crippen LogP contribution >= 0.6 is 15.9 Å². The number of hydrogen-bond donors (Lipinski definition) is 0. The van der Waals surface area contributed by atoms with E-state index in [-0.39, 0.29) is 5.91 Å². The standard InChI is InChI=1S/C13H18BrNO2/c1-15(10-9-14)13(16)8-5-11-3-6-12(17-2)7-4-11/h3-4,6-7H,5,8-10H2,1-2H3. The third-order valence-corrected chi connectivity index (χ3v) is 2.99. The van der Waals surface area contributed by atoms with Gasteiger partial charge in [-0.05, 0) is 24.1 Å². The molecule has 0 bridgehead atoms. The van der Waals surface area contributed by atoms with Crippen molar-refractivity contribution in [2.75, 3.05) is 26.0 Å². The van der Waals surface area contributed by atoms with Crippen molar-refractivity contribution in [3.63, 3.8) is 0 Å². The van der Waals surface area contributed by atoms with Crippen LogP contribution in [0.4, 0.5) is 0 Å². The number of ether oxygens (including phenoxy) is 1. The summed E-state index contributed by atoms with van der Waals surface area (Å²) in [5.41, 5.74) is 1.16. The fraction of sp³-hybridized carbons (Fsp3) is 0.462. The summed E-state index contributed by atoms with van der Waals surface area (Å²) in [6.45, 7) is 0.751. The number of methoxy groups -OCH3 is 1. The van der Waals surface area contributed by atoms with E-state index in [0.29, 0.717) is 6.42 Å². The molecule has 0 fully saturated rings. The molecule has 1 rings (SSSR count). The number of hydrogen-bond acceptors (Lipinski definition) is 2. The van der Waals surface area contributed by atoms with Crippen molar-refractivity contribution in [3.05, 3.63) is 29.8 Å². The molecule has 0 radical (unpaired) electrons. The number of alkyl halides is 1. The van der Waals surface area contributed by atoms with E-state index in [1.165, 1.54) is 0 Å². The Morgan fingerprint density at radius 2 is 2.00 bits per heavy atom. The fourth-order valence-electron chi connectivity index (χ4n) is 1.49. The summed E-state index contributed by atoms with van der Waals surface area (Å²) in [5, 5.41) is 0.817. The fourth-order valence-corrected chi connectivity index (χ4v) is 2.02. The number of halogens is 1. The van der Waals surface area contributed by atoms with Crippen molar-refractivity contribution in [2.45, 2.75) is 12.8 Å². The van der Waals surface area contributed by atoms with E-state index in [4.69, 9.17) is 4.74 Å². The molecule has 0 saturated carbocycles. The van der Waals surface area contributed by atoms with Crippen LogP contribution in [0.1, 0.15) is 12.0 Å². The topological polar surface area (TPSA) is 29.5 Å². The largest absolute Gasteiger partial charge is 0.497 e. The van der Waals surface area contributed by atoms with E-state index in [9.17, 15) is 4.79 Å². The highest BCUT2D eigenvalue weighted by Crippen LogP contribution is 2.12. The summed E-state index contributed by atoms with van der Waals surface area (Å²) >= 11 is 3.32. The average molecular weight is 300 g/mol. The lowest BCUT2D eigenvalue weighted by molar-refractivity contribution is -0.129. The number of rotatable bonds is 6. The van der Waals surface area contributed by atoms with Crippen LogP contribution in [0.2, 0.25) is 0 Å². The van der Waals surface area contributed by atoms with Gasteiger partial charge in [-0.15, -0.1) is 0 Å². The van der Waals surface area contributed by atoms with Gasteiger partial charge in [0, 0.05) is 25.3 Å². The molecule has 17 heavy (non-hydrogen) atoms. The zero-order chi connectivity index (χ0) is 12.7. The average Bonchev–Trinajstić information content (AvgIpc) is 2.36. The summed E-state index contributed by atoms with van der Waals surface area (Å²) in [4.78, 5) is 13.5. The van der Waals surface area contributed by atoms with Crippen LogP contribution in [-0.2, 0) is 11.2 Å². The molecule has 1 aromatic carbocycles. The van der Waals surface area contributed by atoms with Gasteiger partial charge in [0.1, 0.15) is 5.75 Å². The summed E-state index contributed by atoms with van der Waals surface area (Å²) < 4.78 is 5.08. The lowest BCUT2D eigenvalue weighted by Gasteiger charge is -2.15. The summed E-state index contributed by atoms with van der Waals surface area (Å²) in [6, 6.07) is 7.83. The van der Waals surface area contributed by atoms with Crippen LogP contribution < -0.4 is 4.74 Å². The number of amides is 1. The normalized spacial score (nSPS) is 10.1. The van der Waals surface area contributed by atoms with Crippen molar-refractivity contribution in [1.82, 2.24) is 4.90 Å². The zero-order valence-electron chi connectivity index (χ0n) is 10.3. The predicted molar refractivity (Wildman–Crippen MR) is 72.7 cm³/mol. The van der Waals surface area contributed by atoms with Gasteiger partial charge in [0.25, 0.3) is 0 Å². The highest BCUT2D eigenvalue weighted by molar-refractivity contribution is 9.09. The summed E-state index contributed by atoms with van der Waals surface area (Å²) in [6.07, 6.45) is 1.32. The second-order valence-corrected chi connectivity index (χ2v) is 4.65.